The van der Waals surface area contributed by atoms with E-state index in [4.69, 9.17) is 0 Å². The molecule has 2 nitrogen and oxygen atoms in total. The van der Waals surface area contributed by atoms with Crippen molar-refractivity contribution in [1.29, 1.82) is 0 Å². The Morgan fingerprint density at radius 3 is 1.04 bits per heavy atom. The number of nitrogens with zero attached hydrogens (tertiary/aromatic N) is 2. The highest BCUT2D eigenvalue weighted by Gasteiger charge is 2.48. The molecule has 0 saturated carbocycles. The van der Waals surface area contributed by atoms with Crippen molar-refractivity contribution >= 4 is 32.9 Å². The number of hydrogen-bond acceptors (Lipinski definition) is 2. The lowest BCUT2D eigenvalue weighted by molar-refractivity contribution is 0.312. The molecule has 0 bridgehead atoms. The van der Waals surface area contributed by atoms with Crippen LogP contribution >= 0.6 is 0 Å². The fourth-order valence-corrected chi connectivity index (χ4v) is 25.1. The maximum absolute atomic E-state index is 3.02. The summed E-state index contributed by atoms with van der Waals surface area (Å²) < 4.78 is 6.04. The Hall–Kier alpha value is 0.00753. The Morgan fingerprint density at radius 1 is 0.520 bits per heavy atom. The number of hydrogen-bond donors (Lipinski definition) is 0. The molecule has 0 aromatic heterocycles. The molecule has 0 N–H and O–H groups in total. The molecule has 6 heteroatoms. The summed E-state index contributed by atoms with van der Waals surface area (Å²) >= 11 is 0. The standard InChI is InChI=1S/C19H42N2Si4/c1-22(2,3)20(23(4,5)6)19(18-16-14-13-15-17-18)21(24(7,8)9)25(10,11)12/h13-17,19H,1-12H3. The van der Waals surface area contributed by atoms with Gasteiger partial charge in [0.05, 0.1) is 6.17 Å². The number of benzene rings is 1. The van der Waals surface area contributed by atoms with Gasteiger partial charge in [-0.05, 0) is 5.56 Å². The van der Waals surface area contributed by atoms with Crippen molar-refractivity contribution < 1.29 is 0 Å². The van der Waals surface area contributed by atoms with E-state index in [1.165, 1.54) is 5.56 Å². The molecule has 144 valence electrons. The topological polar surface area (TPSA) is 6.48 Å². The van der Waals surface area contributed by atoms with Gasteiger partial charge in [0, 0.05) is 0 Å². The summed E-state index contributed by atoms with van der Waals surface area (Å²) in [6.07, 6.45) is 0.442. The molecule has 0 unspecified atom stereocenters. The van der Waals surface area contributed by atoms with Crippen LogP contribution < -0.4 is 0 Å². The maximum atomic E-state index is 3.02. The van der Waals surface area contributed by atoms with Gasteiger partial charge < -0.3 is 8.46 Å². The summed E-state index contributed by atoms with van der Waals surface area (Å²) in [5.74, 6) is 0. The van der Waals surface area contributed by atoms with Crippen LogP contribution in [0.5, 0.6) is 0 Å². The highest BCUT2D eigenvalue weighted by molar-refractivity contribution is 6.91. The molecule has 0 aliphatic rings. The molecule has 0 atom stereocenters. The van der Waals surface area contributed by atoms with Crippen LogP contribution in [0.1, 0.15) is 11.7 Å². The quantitative estimate of drug-likeness (QED) is 0.367. The molecular formula is C19H42N2Si4. The van der Waals surface area contributed by atoms with E-state index in [0.717, 1.165) is 0 Å². The Labute approximate surface area is 162 Å². The first-order valence-electron chi connectivity index (χ1n) is 9.61. The van der Waals surface area contributed by atoms with Gasteiger partial charge in [0.1, 0.15) is 32.9 Å². The molecule has 0 spiro atoms. The summed E-state index contributed by atoms with van der Waals surface area (Å²) in [6, 6.07) is 11.3. The maximum Gasteiger partial charge on any atom is 0.113 e. The van der Waals surface area contributed by atoms with Crippen LogP contribution in [0.25, 0.3) is 0 Å². The first-order chi connectivity index (χ1) is 11.0. The van der Waals surface area contributed by atoms with Gasteiger partial charge >= 0.3 is 0 Å². The second-order valence-corrected chi connectivity index (χ2v) is 31.4. The van der Waals surface area contributed by atoms with Crippen LogP contribution in [0, 0.1) is 0 Å². The van der Waals surface area contributed by atoms with E-state index < -0.39 is 32.9 Å². The van der Waals surface area contributed by atoms with Gasteiger partial charge in [0.2, 0.25) is 0 Å². The average Bonchev–Trinajstić information content (AvgIpc) is 2.32. The second-order valence-electron chi connectivity index (χ2n) is 11.2. The Morgan fingerprint density at radius 2 is 0.800 bits per heavy atom. The van der Waals surface area contributed by atoms with Crippen LogP contribution in [0.4, 0.5) is 0 Å². The van der Waals surface area contributed by atoms with Gasteiger partial charge in [-0.2, -0.15) is 0 Å². The van der Waals surface area contributed by atoms with Crippen LogP contribution in [0.3, 0.4) is 0 Å². The zero-order chi connectivity index (χ0) is 19.8. The van der Waals surface area contributed by atoms with Crippen LogP contribution in [0.15, 0.2) is 30.3 Å². The predicted molar refractivity (Wildman–Crippen MR) is 126 cm³/mol. The third-order valence-corrected chi connectivity index (χ3v) is 19.3. The molecule has 0 saturated heterocycles. The molecule has 0 aliphatic heterocycles. The fraction of sp³-hybridized carbons (Fsp3) is 0.684. The highest BCUT2D eigenvalue weighted by Crippen LogP contribution is 2.40. The SMILES string of the molecule is C[Si](C)(C)N(C(c1ccccc1)N([Si](C)(C)C)[Si](C)(C)C)[Si](C)(C)C. The van der Waals surface area contributed by atoms with Crippen molar-refractivity contribution in [3.63, 3.8) is 0 Å². The largest absolute Gasteiger partial charge is 0.328 e. The van der Waals surface area contributed by atoms with Gasteiger partial charge in [-0.15, -0.1) is 0 Å². The minimum atomic E-state index is -1.49. The monoisotopic (exact) mass is 410 g/mol. The summed E-state index contributed by atoms with van der Waals surface area (Å²) in [6.45, 7) is 30.4. The lowest BCUT2D eigenvalue weighted by Crippen LogP contribution is -2.70. The van der Waals surface area contributed by atoms with Crippen molar-refractivity contribution in [3.8, 4) is 0 Å². The van der Waals surface area contributed by atoms with Gasteiger partial charge in [0.25, 0.3) is 0 Å². The third-order valence-electron chi connectivity index (χ3n) is 4.48. The molecule has 0 radical (unpaired) electrons. The molecular weight excluding hydrogens is 369 g/mol. The first kappa shape index (κ1) is 23.0. The van der Waals surface area contributed by atoms with Crippen LogP contribution in [0.2, 0.25) is 78.6 Å². The summed E-state index contributed by atoms with van der Waals surface area (Å²) in [5.41, 5.74) is 1.50. The van der Waals surface area contributed by atoms with Crippen LogP contribution in [-0.4, -0.2) is 41.4 Å². The van der Waals surface area contributed by atoms with Crippen molar-refractivity contribution in [2.45, 2.75) is 84.7 Å². The fourth-order valence-electron chi connectivity index (χ4n) is 4.52. The summed E-state index contributed by atoms with van der Waals surface area (Å²) in [4.78, 5) is 0. The van der Waals surface area contributed by atoms with Crippen molar-refractivity contribution in [2.75, 3.05) is 0 Å². The zero-order valence-electron chi connectivity index (χ0n) is 18.9. The zero-order valence-corrected chi connectivity index (χ0v) is 22.9. The molecule has 0 amide bonds. The van der Waals surface area contributed by atoms with E-state index in [0.29, 0.717) is 6.17 Å². The average molecular weight is 411 g/mol. The second kappa shape index (κ2) is 7.56. The normalized spacial score (nSPS) is 14.7. The Kier molecular flexibility index (Phi) is 6.97. The molecule has 0 heterocycles. The van der Waals surface area contributed by atoms with E-state index in [1.54, 1.807) is 0 Å². The highest BCUT2D eigenvalue weighted by atomic mass is 28.4. The Balaban J connectivity index is 3.75. The van der Waals surface area contributed by atoms with Crippen molar-refractivity contribution in [2.24, 2.45) is 0 Å². The van der Waals surface area contributed by atoms with Gasteiger partial charge in [-0.1, -0.05) is 109 Å². The molecule has 1 aromatic rings. The molecule has 1 aromatic carbocycles. The van der Waals surface area contributed by atoms with Gasteiger partial charge in [-0.25, -0.2) is 0 Å². The summed E-state index contributed by atoms with van der Waals surface area (Å²) in [7, 11) is -5.96. The van der Waals surface area contributed by atoms with E-state index >= 15 is 0 Å². The van der Waals surface area contributed by atoms with E-state index in [1.807, 2.05) is 0 Å². The molecule has 0 aliphatic carbocycles. The van der Waals surface area contributed by atoms with Gasteiger partial charge in [0.15, 0.2) is 0 Å². The molecule has 25 heavy (non-hydrogen) atoms. The van der Waals surface area contributed by atoms with Crippen LogP contribution in [-0.2, 0) is 0 Å². The lowest BCUT2D eigenvalue weighted by Gasteiger charge is -2.58. The first-order valence-corrected chi connectivity index (χ1v) is 23.4. The Bertz CT molecular complexity index is 488. The smallest absolute Gasteiger partial charge is 0.113 e. The minimum absolute atomic E-state index is 0.442. The summed E-state index contributed by atoms with van der Waals surface area (Å²) in [5, 5.41) is 0. The van der Waals surface area contributed by atoms with Crippen molar-refractivity contribution in [3.05, 3.63) is 35.9 Å². The number of rotatable bonds is 7. The third kappa shape index (κ3) is 6.00. The van der Waals surface area contributed by atoms with E-state index in [-0.39, 0.29) is 0 Å². The lowest BCUT2D eigenvalue weighted by atomic mass is 10.2. The minimum Gasteiger partial charge on any atom is -0.328 e. The molecule has 1 rings (SSSR count). The van der Waals surface area contributed by atoms with Crippen molar-refractivity contribution in [1.82, 2.24) is 8.46 Å². The molecule has 0 fully saturated rings. The van der Waals surface area contributed by atoms with E-state index in [9.17, 15) is 0 Å². The van der Waals surface area contributed by atoms with E-state index in [2.05, 4.69) is 117 Å². The predicted octanol–water partition coefficient (Wildman–Crippen LogP) is 6.63. The van der Waals surface area contributed by atoms with Gasteiger partial charge in [-0.3, -0.25) is 0 Å².